The molecule has 1 saturated heterocycles. The Balaban J connectivity index is 1.68. The van der Waals surface area contributed by atoms with Gasteiger partial charge in [-0.2, -0.15) is 0 Å². The summed E-state index contributed by atoms with van der Waals surface area (Å²) in [4.78, 5) is 14.3. The number of amides is 1. The molecule has 1 fully saturated rings. The molecule has 114 valence electrons. The van der Waals surface area contributed by atoms with Crippen molar-refractivity contribution in [3.63, 3.8) is 0 Å². The summed E-state index contributed by atoms with van der Waals surface area (Å²) in [6.45, 7) is 3.28. The van der Waals surface area contributed by atoms with Crippen molar-refractivity contribution < 1.29 is 9.53 Å². The van der Waals surface area contributed by atoms with E-state index in [0.29, 0.717) is 12.5 Å². The molecule has 3 nitrogen and oxygen atoms in total. The number of hydrogen-bond acceptors (Lipinski definition) is 2. The highest BCUT2D eigenvalue weighted by Gasteiger charge is 2.36. The van der Waals surface area contributed by atoms with Crippen molar-refractivity contribution in [3.05, 3.63) is 71.8 Å². The highest BCUT2D eigenvalue weighted by molar-refractivity contribution is 5.69. The molecule has 0 unspecified atom stereocenters. The van der Waals surface area contributed by atoms with E-state index in [-0.39, 0.29) is 12.1 Å². The minimum absolute atomic E-state index is 0.115. The predicted octanol–water partition coefficient (Wildman–Crippen LogP) is 4.41. The Bertz CT molecular complexity index is 612. The van der Waals surface area contributed by atoms with Gasteiger partial charge in [0.25, 0.3) is 0 Å². The molecule has 1 aliphatic rings. The molecular weight excluding hydrogens is 274 g/mol. The zero-order chi connectivity index (χ0) is 15.4. The van der Waals surface area contributed by atoms with Crippen molar-refractivity contribution in [1.82, 2.24) is 4.90 Å². The van der Waals surface area contributed by atoms with Crippen molar-refractivity contribution >= 4 is 6.09 Å². The molecule has 1 heterocycles. The van der Waals surface area contributed by atoms with Crippen LogP contribution in [0.2, 0.25) is 0 Å². The Morgan fingerprint density at radius 1 is 1.09 bits per heavy atom. The van der Waals surface area contributed by atoms with Gasteiger partial charge in [0.15, 0.2) is 0 Å². The molecule has 0 radical (unpaired) electrons. The molecule has 3 heteroatoms. The van der Waals surface area contributed by atoms with Gasteiger partial charge in [-0.1, -0.05) is 67.6 Å². The molecule has 2 atom stereocenters. The number of benzene rings is 2. The number of carbonyl (C=O) groups is 1. The smallest absolute Gasteiger partial charge is 0.410 e. The Morgan fingerprint density at radius 3 is 2.41 bits per heavy atom. The predicted molar refractivity (Wildman–Crippen MR) is 86.3 cm³/mol. The number of likely N-dealkylation sites (tertiary alicyclic amines) is 1. The van der Waals surface area contributed by atoms with E-state index in [0.717, 1.165) is 18.5 Å². The maximum Gasteiger partial charge on any atom is 0.410 e. The molecule has 0 saturated carbocycles. The monoisotopic (exact) mass is 295 g/mol. The quantitative estimate of drug-likeness (QED) is 0.839. The maximum atomic E-state index is 12.5. The second-order valence-corrected chi connectivity index (χ2v) is 5.86. The maximum absolute atomic E-state index is 12.5. The fourth-order valence-corrected chi connectivity index (χ4v) is 3.11. The number of ether oxygens (including phenoxy) is 1. The highest BCUT2D eigenvalue weighted by atomic mass is 16.6. The van der Waals surface area contributed by atoms with Gasteiger partial charge in [-0.3, -0.25) is 0 Å². The third kappa shape index (κ3) is 3.14. The lowest BCUT2D eigenvalue weighted by molar-refractivity contribution is 0.0889. The van der Waals surface area contributed by atoms with Crippen LogP contribution in [0.4, 0.5) is 4.79 Å². The molecule has 2 aromatic rings. The number of rotatable bonds is 3. The Hall–Kier alpha value is -2.29. The van der Waals surface area contributed by atoms with E-state index in [9.17, 15) is 4.79 Å². The largest absolute Gasteiger partial charge is 0.445 e. The molecule has 22 heavy (non-hydrogen) atoms. The average molecular weight is 295 g/mol. The molecule has 1 amide bonds. The molecule has 1 aliphatic heterocycles. The fraction of sp³-hybridized carbons (Fsp3) is 0.316. The van der Waals surface area contributed by atoms with Gasteiger partial charge in [-0.15, -0.1) is 0 Å². The standard InChI is InChI=1S/C19H21NO2/c1-15-12-13-20(18(15)17-10-6-3-7-11-17)19(21)22-14-16-8-4-2-5-9-16/h2-11,15,18H,12-14H2,1H3/t15-,18+/m1/s1. The molecule has 3 rings (SSSR count). The van der Waals surface area contributed by atoms with Crippen molar-refractivity contribution in [2.24, 2.45) is 5.92 Å². The summed E-state index contributed by atoms with van der Waals surface area (Å²) in [6, 6.07) is 20.1. The summed E-state index contributed by atoms with van der Waals surface area (Å²) in [6.07, 6.45) is 0.794. The Morgan fingerprint density at radius 2 is 1.73 bits per heavy atom. The van der Waals surface area contributed by atoms with Crippen molar-refractivity contribution in [2.45, 2.75) is 26.0 Å². The van der Waals surface area contributed by atoms with Gasteiger partial charge in [0.2, 0.25) is 0 Å². The first-order valence-corrected chi connectivity index (χ1v) is 7.78. The van der Waals surface area contributed by atoms with E-state index in [1.54, 1.807) is 0 Å². The summed E-state index contributed by atoms with van der Waals surface area (Å²) in [5.41, 5.74) is 2.20. The zero-order valence-electron chi connectivity index (χ0n) is 12.8. The number of hydrogen-bond donors (Lipinski definition) is 0. The Kier molecular flexibility index (Phi) is 4.42. The van der Waals surface area contributed by atoms with Gasteiger partial charge in [0.05, 0.1) is 6.04 Å². The third-order valence-corrected chi connectivity index (χ3v) is 4.28. The zero-order valence-corrected chi connectivity index (χ0v) is 12.8. The first-order chi connectivity index (χ1) is 10.8. The van der Waals surface area contributed by atoms with Gasteiger partial charge in [0, 0.05) is 6.54 Å². The van der Waals surface area contributed by atoms with Crippen LogP contribution in [0.1, 0.15) is 30.5 Å². The van der Waals surface area contributed by atoms with Crippen LogP contribution < -0.4 is 0 Å². The van der Waals surface area contributed by atoms with Crippen molar-refractivity contribution in [1.29, 1.82) is 0 Å². The van der Waals surface area contributed by atoms with Crippen LogP contribution in [0.15, 0.2) is 60.7 Å². The fourth-order valence-electron chi connectivity index (χ4n) is 3.11. The van der Waals surface area contributed by atoms with Gasteiger partial charge in [-0.05, 0) is 23.5 Å². The lowest BCUT2D eigenvalue weighted by Gasteiger charge is -2.26. The first kappa shape index (κ1) is 14.6. The lowest BCUT2D eigenvalue weighted by atomic mass is 9.96. The first-order valence-electron chi connectivity index (χ1n) is 7.78. The van der Waals surface area contributed by atoms with E-state index in [1.807, 2.05) is 53.4 Å². The lowest BCUT2D eigenvalue weighted by Crippen LogP contribution is -2.32. The number of carbonyl (C=O) groups excluding carboxylic acids is 1. The molecule has 2 aromatic carbocycles. The van der Waals surface area contributed by atoms with Crippen molar-refractivity contribution in [3.8, 4) is 0 Å². The minimum Gasteiger partial charge on any atom is -0.445 e. The molecule has 0 bridgehead atoms. The van der Waals surface area contributed by atoms with E-state index < -0.39 is 0 Å². The second-order valence-electron chi connectivity index (χ2n) is 5.86. The van der Waals surface area contributed by atoms with Crippen LogP contribution in [-0.2, 0) is 11.3 Å². The van der Waals surface area contributed by atoms with E-state index in [2.05, 4.69) is 19.1 Å². The van der Waals surface area contributed by atoms with Crippen LogP contribution >= 0.6 is 0 Å². The van der Waals surface area contributed by atoms with Gasteiger partial charge < -0.3 is 9.64 Å². The van der Waals surface area contributed by atoms with Crippen LogP contribution in [0, 0.1) is 5.92 Å². The van der Waals surface area contributed by atoms with Crippen LogP contribution in [0.5, 0.6) is 0 Å². The van der Waals surface area contributed by atoms with Gasteiger partial charge >= 0.3 is 6.09 Å². The van der Waals surface area contributed by atoms with Crippen LogP contribution in [0.25, 0.3) is 0 Å². The van der Waals surface area contributed by atoms with Gasteiger partial charge in [-0.25, -0.2) is 4.79 Å². The highest BCUT2D eigenvalue weighted by Crippen LogP contribution is 2.37. The van der Waals surface area contributed by atoms with Crippen LogP contribution in [0.3, 0.4) is 0 Å². The SMILES string of the molecule is C[C@@H]1CCN(C(=O)OCc2ccccc2)[C@@H]1c1ccccc1. The van der Waals surface area contributed by atoms with Crippen molar-refractivity contribution in [2.75, 3.05) is 6.54 Å². The van der Waals surface area contributed by atoms with Crippen LogP contribution in [-0.4, -0.2) is 17.5 Å². The summed E-state index contributed by atoms with van der Waals surface area (Å²) < 4.78 is 5.50. The summed E-state index contributed by atoms with van der Waals surface area (Å²) in [5.74, 6) is 0.451. The molecular formula is C19H21NO2. The number of nitrogens with zero attached hydrogens (tertiary/aromatic N) is 1. The second kappa shape index (κ2) is 6.65. The van der Waals surface area contributed by atoms with E-state index in [1.165, 1.54) is 5.56 Å². The molecule has 0 N–H and O–H groups in total. The topological polar surface area (TPSA) is 29.5 Å². The minimum atomic E-state index is -0.220. The van der Waals surface area contributed by atoms with Gasteiger partial charge in [0.1, 0.15) is 6.61 Å². The van der Waals surface area contributed by atoms with E-state index >= 15 is 0 Å². The van der Waals surface area contributed by atoms with E-state index in [4.69, 9.17) is 4.74 Å². The summed E-state index contributed by atoms with van der Waals surface area (Å²) in [5, 5.41) is 0. The summed E-state index contributed by atoms with van der Waals surface area (Å²) >= 11 is 0. The molecule has 0 aromatic heterocycles. The molecule has 0 aliphatic carbocycles. The summed E-state index contributed by atoms with van der Waals surface area (Å²) in [7, 11) is 0. The third-order valence-electron chi connectivity index (χ3n) is 4.28. The average Bonchev–Trinajstić information content (AvgIpc) is 2.96. The molecule has 0 spiro atoms. The normalized spacial score (nSPS) is 20.9. The Labute approximate surface area is 131 Å².